The fourth-order valence-electron chi connectivity index (χ4n) is 1.91. The first kappa shape index (κ1) is 13.6. The summed E-state index contributed by atoms with van der Waals surface area (Å²) in [6.45, 7) is 2.03. The third-order valence-corrected chi connectivity index (χ3v) is 3.71. The predicted octanol–water partition coefficient (Wildman–Crippen LogP) is 2.28. The lowest BCUT2D eigenvalue weighted by Gasteiger charge is -2.31. The Morgan fingerprint density at radius 2 is 2.28 bits per heavy atom. The quantitative estimate of drug-likeness (QED) is 0.928. The van der Waals surface area contributed by atoms with Crippen molar-refractivity contribution in [2.24, 2.45) is 0 Å². The molecule has 6 heteroatoms. The summed E-state index contributed by atoms with van der Waals surface area (Å²) in [5, 5.41) is 9.96. The monoisotopic (exact) mass is 289 g/mol. The highest BCUT2D eigenvalue weighted by Gasteiger charge is 2.26. The minimum atomic E-state index is -0.933. The van der Waals surface area contributed by atoms with Gasteiger partial charge in [0.1, 0.15) is 0 Å². The van der Waals surface area contributed by atoms with Gasteiger partial charge in [0.05, 0.1) is 16.7 Å². The normalized spacial score (nSPS) is 20.9. The molecule has 0 spiro atoms. The zero-order valence-electron chi connectivity index (χ0n) is 9.60. The molecule has 1 aliphatic rings. The van der Waals surface area contributed by atoms with Crippen molar-refractivity contribution in [3.8, 4) is 0 Å². The molecule has 18 heavy (non-hydrogen) atoms. The molecule has 1 heterocycles. The Morgan fingerprint density at radius 3 is 3.00 bits per heavy atom. The van der Waals surface area contributed by atoms with E-state index in [9.17, 15) is 4.79 Å². The Labute approximate surface area is 115 Å². The summed E-state index contributed by atoms with van der Waals surface area (Å²) < 4.78 is 5.16. The van der Waals surface area contributed by atoms with Gasteiger partial charge >= 0.3 is 5.97 Å². The summed E-state index contributed by atoms with van der Waals surface area (Å²) in [6, 6.07) is 5.45. The summed E-state index contributed by atoms with van der Waals surface area (Å²) in [5.41, 5.74) is 0.898. The summed E-state index contributed by atoms with van der Waals surface area (Å²) >= 11 is 12.0. The van der Waals surface area contributed by atoms with Gasteiger partial charge < -0.3 is 9.84 Å². The number of benzene rings is 1. The van der Waals surface area contributed by atoms with E-state index in [1.165, 1.54) is 0 Å². The number of carboxylic acids is 1. The van der Waals surface area contributed by atoms with Gasteiger partial charge in [-0.15, -0.1) is 0 Å². The molecule has 1 aromatic rings. The first-order valence-corrected chi connectivity index (χ1v) is 6.33. The topological polar surface area (TPSA) is 49.8 Å². The van der Waals surface area contributed by atoms with Gasteiger partial charge in [0.15, 0.2) is 6.10 Å². The van der Waals surface area contributed by atoms with Gasteiger partial charge in [-0.25, -0.2) is 4.79 Å². The second-order valence-corrected chi connectivity index (χ2v) is 4.93. The van der Waals surface area contributed by atoms with Crippen LogP contribution in [0.1, 0.15) is 5.56 Å². The maximum atomic E-state index is 10.9. The third kappa shape index (κ3) is 3.14. The fourth-order valence-corrected chi connectivity index (χ4v) is 2.29. The van der Waals surface area contributed by atoms with Crippen LogP contribution in [0.15, 0.2) is 18.2 Å². The summed E-state index contributed by atoms with van der Waals surface area (Å²) in [4.78, 5) is 12.9. The molecule has 1 atom stereocenters. The Hall–Kier alpha value is -0.810. The third-order valence-electron chi connectivity index (χ3n) is 2.85. The second kappa shape index (κ2) is 5.89. The number of morpholine rings is 1. The van der Waals surface area contributed by atoms with Crippen molar-refractivity contribution in [3.05, 3.63) is 33.8 Å². The highest BCUT2D eigenvalue weighted by molar-refractivity contribution is 6.42. The molecular formula is C12H13Cl2NO3. The lowest BCUT2D eigenvalue weighted by Crippen LogP contribution is -2.45. The largest absolute Gasteiger partial charge is 0.479 e. The smallest absolute Gasteiger partial charge is 0.334 e. The van der Waals surface area contributed by atoms with E-state index in [1.807, 2.05) is 17.0 Å². The second-order valence-electron chi connectivity index (χ2n) is 4.15. The van der Waals surface area contributed by atoms with Gasteiger partial charge in [-0.3, -0.25) is 4.90 Å². The van der Waals surface area contributed by atoms with E-state index in [0.29, 0.717) is 36.3 Å². The van der Waals surface area contributed by atoms with E-state index >= 15 is 0 Å². The lowest BCUT2D eigenvalue weighted by molar-refractivity contribution is -0.156. The van der Waals surface area contributed by atoms with Gasteiger partial charge in [-0.2, -0.15) is 0 Å². The molecule has 1 N–H and O–H groups in total. The lowest BCUT2D eigenvalue weighted by atomic mass is 10.2. The van der Waals surface area contributed by atoms with Crippen LogP contribution in [-0.4, -0.2) is 41.8 Å². The summed E-state index contributed by atoms with van der Waals surface area (Å²) in [7, 11) is 0. The number of carboxylic acid groups (broad SMARTS) is 1. The Balaban J connectivity index is 2.05. The van der Waals surface area contributed by atoms with Crippen LogP contribution in [0.4, 0.5) is 0 Å². The van der Waals surface area contributed by atoms with Crippen molar-refractivity contribution < 1.29 is 14.6 Å². The standard InChI is InChI=1S/C12H13Cl2NO3/c13-9-3-1-2-8(11(9)14)6-15-4-5-18-10(7-15)12(16)17/h1-3,10H,4-7H2,(H,16,17). The minimum Gasteiger partial charge on any atom is -0.479 e. The zero-order valence-corrected chi connectivity index (χ0v) is 11.1. The SMILES string of the molecule is O=C(O)C1CN(Cc2cccc(Cl)c2Cl)CCO1. The number of aliphatic carboxylic acids is 1. The molecule has 0 saturated carbocycles. The van der Waals surface area contributed by atoms with Crippen molar-refractivity contribution in [2.75, 3.05) is 19.7 Å². The van der Waals surface area contributed by atoms with Crippen LogP contribution in [0.2, 0.25) is 10.0 Å². The average Bonchev–Trinajstić information content (AvgIpc) is 2.35. The number of ether oxygens (including phenoxy) is 1. The molecule has 4 nitrogen and oxygen atoms in total. The van der Waals surface area contributed by atoms with Crippen LogP contribution in [-0.2, 0) is 16.1 Å². The summed E-state index contributed by atoms with van der Waals surface area (Å²) in [5.74, 6) is -0.933. The highest BCUT2D eigenvalue weighted by atomic mass is 35.5. The molecule has 0 aromatic heterocycles. The molecule has 0 aliphatic carbocycles. The Bertz CT molecular complexity index is 453. The number of halogens is 2. The van der Waals surface area contributed by atoms with E-state index in [1.54, 1.807) is 6.07 Å². The van der Waals surface area contributed by atoms with Crippen LogP contribution in [0.25, 0.3) is 0 Å². The molecule has 1 aromatic carbocycles. The molecular weight excluding hydrogens is 277 g/mol. The van der Waals surface area contributed by atoms with E-state index in [-0.39, 0.29) is 0 Å². The molecule has 0 radical (unpaired) electrons. The molecule has 98 valence electrons. The van der Waals surface area contributed by atoms with Crippen molar-refractivity contribution >= 4 is 29.2 Å². The molecule has 1 aliphatic heterocycles. The van der Waals surface area contributed by atoms with Gasteiger partial charge in [0.2, 0.25) is 0 Å². The maximum Gasteiger partial charge on any atom is 0.334 e. The van der Waals surface area contributed by atoms with Gasteiger partial charge in [0.25, 0.3) is 0 Å². The van der Waals surface area contributed by atoms with Crippen molar-refractivity contribution in [1.29, 1.82) is 0 Å². The average molecular weight is 290 g/mol. The molecule has 1 unspecified atom stereocenters. The van der Waals surface area contributed by atoms with Gasteiger partial charge in [-0.05, 0) is 11.6 Å². The first-order chi connectivity index (χ1) is 8.58. The van der Waals surface area contributed by atoms with Gasteiger partial charge in [0, 0.05) is 19.6 Å². The van der Waals surface area contributed by atoms with Crippen LogP contribution < -0.4 is 0 Å². The van der Waals surface area contributed by atoms with Crippen LogP contribution in [0.3, 0.4) is 0 Å². The molecule has 0 bridgehead atoms. The van der Waals surface area contributed by atoms with Crippen molar-refractivity contribution in [2.45, 2.75) is 12.6 Å². The minimum absolute atomic E-state index is 0.359. The molecule has 1 fully saturated rings. The number of hydrogen-bond acceptors (Lipinski definition) is 3. The highest BCUT2D eigenvalue weighted by Crippen LogP contribution is 2.26. The fraction of sp³-hybridized carbons (Fsp3) is 0.417. The molecule has 0 amide bonds. The van der Waals surface area contributed by atoms with Crippen LogP contribution in [0.5, 0.6) is 0 Å². The summed E-state index contributed by atoms with van der Waals surface area (Å²) in [6.07, 6.45) is -0.767. The predicted molar refractivity (Wildman–Crippen MR) is 69.1 cm³/mol. The van der Waals surface area contributed by atoms with Crippen molar-refractivity contribution in [3.63, 3.8) is 0 Å². The first-order valence-electron chi connectivity index (χ1n) is 5.57. The van der Waals surface area contributed by atoms with E-state index < -0.39 is 12.1 Å². The van der Waals surface area contributed by atoms with Crippen molar-refractivity contribution in [1.82, 2.24) is 4.90 Å². The molecule has 1 saturated heterocycles. The van der Waals surface area contributed by atoms with E-state index in [4.69, 9.17) is 33.0 Å². The maximum absolute atomic E-state index is 10.9. The Morgan fingerprint density at radius 1 is 1.50 bits per heavy atom. The Kier molecular flexibility index (Phi) is 4.45. The number of nitrogens with zero attached hydrogens (tertiary/aromatic N) is 1. The zero-order chi connectivity index (χ0) is 13.1. The van der Waals surface area contributed by atoms with E-state index in [2.05, 4.69) is 0 Å². The number of rotatable bonds is 3. The molecule has 2 rings (SSSR count). The van der Waals surface area contributed by atoms with Crippen LogP contribution in [0, 0.1) is 0 Å². The van der Waals surface area contributed by atoms with Gasteiger partial charge in [-0.1, -0.05) is 35.3 Å². The number of hydrogen-bond donors (Lipinski definition) is 1. The van der Waals surface area contributed by atoms with Crippen LogP contribution >= 0.6 is 23.2 Å². The number of carbonyl (C=O) groups is 1. The van der Waals surface area contributed by atoms with E-state index in [0.717, 1.165) is 5.56 Å².